The molecule has 0 aliphatic heterocycles. The first kappa shape index (κ1) is 10.9. The summed E-state index contributed by atoms with van der Waals surface area (Å²) in [6.45, 7) is 0.120. The summed E-state index contributed by atoms with van der Waals surface area (Å²) in [5.74, 6) is 1.30. The molecule has 0 saturated heterocycles. The second-order valence-corrected chi connectivity index (χ2v) is 3.30. The molecule has 0 saturated carbocycles. The van der Waals surface area contributed by atoms with Gasteiger partial charge in [-0.05, 0) is 12.1 Å². The summed E-state index contributed by atoms with van der Waals surface area (Å²) in [5, 5.41) is 13.1. The second-order valence-electron chi connectivity index (χ2n) is 3.30. The molecule has 2 aromatic heterocycles. The molecule has 0 aromatic carbocycles. The van der Waals surface area contributed by atoms with Gasteiger partial charge in [-0.15, -0.1) is 6.42 Å². The molecule has 0 fully saturated rings. The quantitative estimate of drug-likeness (QED) is 0.802. The minimum absolute atomic E-state index is 0.0589. The van der Waals surface area contributed by atoms with Crippen LogP contribution in [0.1, 0.15) is 10.5 Å². The highest BCUT2D eigenvalue weighted by molar-refractivity contribution is 5.87. The standard InChI is InChI=1S/C12H9N3O2/c1-2-7-15-11(12(16)17)8-10(14-15)9-5-3-4-6-13-9/h1,3-6,8H,7H2,(H,16,17). The van der Waals surface area contributed by atoms with E-state index in [4.69, 9.17) is 11.5 Å². The highest BCUT2D eigenvalue weighted by Crippen LogP contribution is 2.16. The molecule has 0 bridgehead atoms. The molecular formula is C12H9N3O2. The predicted octanol–water partition coefficient (Wildman–Crippen LogP) is 1.28. The van der Waals surface area contributed by atoms with Crippen molar-refractivity contribution in [2.45, 2.75) is 6.54 Å². The van der Waals surface area contributed by atoms with Crippen LogP contribution in [0.2, 0.25) is 0 Å². The fourth-order valence-electron chi connectivity index (χ4n) is 1.44. The fourth-order valence-corrected chi connectivity index (χ4v) is 1.44. The van der Waals surface area contributed by atoms with Crippen molar-refractivity contribution in [3.8, 4) is 23.7 Å². The van der Waals surface area contributed by atoms with E-state index in [-0.39, 0.29) is 12.2 Å². The van der Waals surface area contributed by atoms with Crippen LogP contribution in [-0.2, 0) is 6.54 Å². The summed E-state index contributed by atoms with van der Waals surface area (Å²) in [6.07, 6.45) is 6.78. The van der Waals surface area contributed by atoms with Gasteiger partial charge in [-0.3, -0.25) is 4.98 Å². The van der Waals surface area contributed by atoms with Crippen LogP contribution in [0, 0.1) is 12.3 Å². The minimum Gasteiger partial charge on any atom is -0.477 e. The first-order chi connectivity index (χ1) is 8.22. The Morgan fingerprint density at radius 3 is 2.88 bits per heavy atom. The van der Waals surface area contributed by atoms with Crippen LogP contribution in [0.5, 0.6) is 0 Å². The number of carboxylic acids is 1. The third-order valence-electron chi connectivity index (χ3n) is 2.17. The highest BCUT2D eigenvalue weighted by atomic mass is 16.4. The SMILES string of the molecule is C#CCn1nc(-c2ccccn2)cc1C(=O)O. The van der Waals surface area contributed by atoms with Crippen molar-refractivity contribution >= 4 is 5.97 Å². The number of carboxylic acid groups (broad SMARTS) is 1. The van der Waals surface area contributed by atoms with Crippen LogP contribution in [0.15, 0.2) is 30.5 Å². The Labute approximate surface area is 97.7 Å². The van der Waals surface area contributed by atoms with Crippen molar-refractivity contribution in [2.75, 3.05) is 0 Å². The van der Waals surface area contributed by atoms with Crippen LogP contribution in [0.4, 0.5) is 0 Å². The lowest BCUT2D eigenvalue weighted by Crippen LogP contribution is -2.08. The predicted molar refractivity (Wildman–Crippen MR) is 61.3 cm³/mol. The van der Waals surface area contributed by atoms with E-state index in [1.807, 2.05) is 6.07 Å². The zero-order valence-electron chi connectivity index (χ0n) is 8.87. The summed E-state index contributed by atoms with van der Waals surface area (Å²) in [7, 11) is 0. The largest absolute Gasteiger partial charge is 0.477 e. The zero-order chi connectivity index (χ0) is 12.3. The number of carbonyl (C=O) groups is 1. The van der Waals surface area contributed by atoms with Gasteiger partial charge in [-0.2, -0.15) is 5.10 Å². The van der Waals surface area contributed by atoms with Gasteiger partial charge in [0.25, 0.3) is 0 Å². The van der Waals surface area contributed by atoms with Crippen LogP contribution in [0.25, 0.3) is 11.4 Å². The van der Waals surface area contributed by atoms with E-state index in [0.717, 1.165) is 0 Å². The van der Waals surface area contributed by atoms with Gasteiger partial charge >= 0.3 is 5.97 Å². The molecular weight excluding hydrogens is 218 g/mol. The zero-order valence-corrected chi connectivity index (χ0v) is 8.87. The van der Waals surface area contributed by atoms with Crippen LogP contribution >= 0.6 is 0 Å². The van der Waals surface area contributed by atoms with Gasteiger partial charge in [0, 0.05) is 12.3 Å². The van der Waals surface area contributed by atoms with E-state index < -0.39 is 5.97 Å². The lowest BCUT2D eigenvalue weighted by atomic mass is 10.2. The van der Waals surface area contributed by atoms with Gasteiger partial charge < -0.3 is 5.11 Å². The number of aromatic carboxylic acids is 1. The summed E-state index contributed by atoms with van der Waals surface area (Å²) < 4.78 is 1.27. The maximum atomic E-state index is 11.0. The molecule has 0 unspecified atom stereocenters. The fraction of sp³-hybridized carbons (Fsp3) is 0.0833. The molecule has 2 heterocycles. The molecule has 0 atom stereocenters. The van der Waals surface area contributed by atoms with Crippen molar-refractivity contribution < 1.29 is 9.90 Å². The Kier molecular flexibility index (Phi) is 2.88. The van der Waals surface area contributed by atoms with Gasteiger partial charge in [0.2, 0.25) is 0 Å². The molecule has 1 N–H and O–H groups in total. The van der Waals surface area contributed by atoms with Gasteiger partial charge in [-0.25, -0.2) is 9.48 Å². The third-order valence-corrected chi connectivity index (χ3v) is 2.17. The minimum atomic E-state index is -1.06. The molecule has 0 spiro atoms. The number of aromatic nitrogens is 3. The van der Waals surface area contributed by atoms with Crippen molar-refractivity contribution in [3.05, 3.63) is 36.2 Å². The first-order valence-electron chi connectivity index (χ1n) is 4.88. The average molecular weight is 227 g/mol. The Morgan fingerprint density at radius 2 is 2.29 bits per heavy atom. The van der Waals surface area contributed by atoms with E-state index in [1.54, 1.807) is 18.3 Å². The second kappa shape index (κ2) is 4.49. The number of nitrogens with zero attached hydrogens (tertiary/aromatic N) is 3. The van der Waals surface area contributed by atoms with Gasteiger partial charge in [-0.1, -0.05) is 12.0 Å². The molecule has 2 aromatic rings. The number of rotatable bonds is 3. The molecule has 0 radical (unpaired) electrons. The smallest absolute Gasteiger partial charge is 0.354 e. The number of terminal acetylenes is 1. The Morgan fingerprint density at radius 1 is 1.47 bits per heavy atom. The topological polar surface area (TPSA) is 68.0 Å². The number of hydrogen-bond donors (Lipinski definition) is 1. The lowest BCUT2D eigenvalue weighted by molar-refractivity contribution is 0.0684. The Hall–Kier alpha value is -2.61. The van der Waals surface area contributed by atoms with Gasteiger partial charge in [0.15, 0.2) is 0 Å². The molecule has 84 valence electrons. The Bertz CT molecular complexity index is 582. The lowest BCUT2D eigenvalue weighted by Gasteiger charge is -1.97. The molecule has 0 aliphatic rings. The third kappa shape index (κ3) is 2.16. The monoisotopic (exact) mass is 227 g/mol. The molecule has 5 nitrogen and oxygen atoms in total. The van der Waals surface area contributed by atoms with E-state index in [9.17, 15) is 4.79 Å². The number of pyridine rings is 1. The van der Waals surface area contributed by atoms with Crippen LogP contribution < -0.4 is 0 Å². The van der Waals surface area contributed by atoms with E-state index in [2.05, 4.69) is 16.0 Å². The maximum absolute atomic E-state index is 11.0. The van der Waals surface area contributed by atoms with Crippen molar-refractivity contribution in [3.63, 3.8) is 0 Å². The summed E-state index contributed by atoms with van der Waals surface area (Å²) in [6, 6.07) is 6.80. The van der Waals surface area contributed by atoms with Crippen molar-refractivity contribution in [1.82, 2.24) is 14.8 Å². The number of hydrogen-bond acceptors (Lipinski definition) is 3. The summed E-state index contributed by atoms with van der Waals surface area (Å²) in [4.78, 5) is 15.1. The average Bonchev–Trinajstić information content (AvgIpc) is 2.75. The van der Waals surface area contributed by atoms with Crippen LogP contribution in [-0.4, -0.2) is 25.8 Å². The molecule has 5 heteroatoms. The molecule has 2 rings (SSSR count). The highest BCUT2D eigenvalue weighted by Gasteiger charge is 2.14. The first-order valence-corrected chi connectivity index (χ1v) is 4.88. The van der Waals surface area contributed by atoms with Gasteiger partial charge in [0.05, 0.1) is 5.69 Å². The van der Waals surface area contributed by atoms with E-state index in [0.29, 0.717) is 11.4 Å². The van der Waals surface area contributed by atoms with Crippen molar-refractivity contribution in [2.24, 2.45) is 0 Å². The van der Waals surface area contributed by atoms with Crippen molar-refractivity contribution in [1.29, 1.82) is 0 Å². The molecule has 0 aliphatic carbocycles. The summed E-state index contributed by atoms with van der Waals surface area (Å²) in [5.41, 5.74) is 1.17. The van der Waals surface area contributed by atoms with Gasteiger partial charge in [0.1, 0.15) is 17.9 Å². The molecule has 0 amide bonds. The van der Waals surface area contributed by atoms with Crippen LogP contribution in [0.3, 0.4) is 0 Å². The molecule has 17 heavy (non-hydrogen) atoms. The van der Waals surface area contributed by atoms with E-state index >= 15 is 0 Å². The normalized spacial score (nSPS) is 9.82. The summed E-state index contributed by atoms with van der Waals surface area (Å²) >= 11 is 0. The maximum Gasteiger partial charge on any atom is 0.354 e. The van der Waals surface area contributed by atoms with E-state index in [1.165, 1.54) is 10.7 Å². The Balaban J connectivity index is 2.48.